The van der Waals surface area contributed by atoms with Crippen LogP contribution in [0.15, 0.2) is 97.1 Å². The molecular formula is C34H38F6FeP2. The Morgan fingerprint density at radius 2 is 1.02 bits per heavy atom. The summed E-state index contributed by atoms with van der Waals surface area (Å²) in [6.45, 7) is 15.6. The molecule has 0 heterocycles. The van der Waals surface area contributed by atoms with Crippen molar-refractivity contribution in [2.75, 3.05) is 0 Å². The first-order valence-corrected chi connectivity index (χ1v) is 16.4. The minimum Gasteiger partial charge on any atom is -0.214 e. The molecule has 4 rings (SSSR count). The van der Waals surface area contributed by atoms with Gasteiger partial charge in [0.05, 0.1) is 11.1 Å². The first kappa shape index (κ1) is 37.3. The summed E-state index contributed by atoms with van der Waals surface area (Å²) in [5, 5.41) is 2.37. The van der Waals surface area contributed by atoms with Gasteiger partial charge in [-0.25, -0.2) is 24.3 Å². The summed E-state index contributed by atoms with van der Waals surface area (Å²) in [6, 6.07) is 26.1. The van der Waals surface area contributed by atoms with E-state index in [-0.39, 0.29) is 33.0 Å². The molecule has 1 atom stereocenters. The van der Waals surface area contributed by atoms with Gasteiger partial charge < -0.3 is 0 Å². The van der Waals surface area contributed by atoms with Crippen LogP contribution >= 0.6 is 15.8 Å². The third-order valence-electron chi connectivity index (χ3n) is 6.81. The van der Waals surface area contributed by atoms with Crippen molar-refractivity contribution in [3.05, 3.63) is 114 Å². The molecule has 0 radical (unpaired) electrons. The molecule has 0 aliphatic heterocycles. The van der Waals surface area contributed by atoms with E-state index in [1.54, 1.807) is 0 Å². The molecule has 4 aromatic rings. The molecule has 0 aromatic heterocycles. The monoisotopic (exact) mass is 678 g/mol. The van der Waals surface area contributed by atoms with Gasteiger partial charge >= 0.3 is 29.4 Å². The predicted molar refractivity (Wildman–Crippen MR) is 168 cm³/mol. The molecule has 0 fully saturated rings. The van der Waals surface area contributed by atoms with E-state index in [9.17, 15) is 26.3 Å². The molecule has 0 nitrogen and oxygen atoms in total. The molecule has 0 aliphatic rings. The van der Waals surface area contributed by atoms with Gasteiger partial charge in [0, 0.05) is 0 Å². The Morgan fingerprint density at radius 3 is 1.33 bits per heavy atom. The number of hydrogen-bond acceptors (Lipinski definition) is 0. The van der Waals surface area contributed by atoms with Crippen LogP contribution in [-0.4, -0.2) is 10.3 Å². The van der Waals surface area contributed by atoms with Crippen LogP contribution in [0.1, 0.15) is 70.8 Å². The number of rotatable bonds is 5. The van der Waals surface area contributed by atoms with Crippen molar-refractivity contribution >= 4 is 31.8 Å². The fourth-order valence-electron chi connectivity index (χ4n) is 5.64. The van der Waals surface area contributed by atoms with E-state index in [2.05, 4.69) is 54.5 Å². The average molecular weight is 678 g/mol. The molecule has 0 bridgehead atoms. The molecule has 0 unspecified atom stereocenters. The molecule has 0 aliphatic carbocycles. The van der Waals surface area contributed by atoms with E-state index >= 15 is 0 Å². The van der Waals surface area contributed by atoms with Gasteiger partial charge in [-0.3, -0.25) is 0 Å². The molecule has 0 N–H and O–H groups in total. The van der Waals surface area contributed by atoms with Crippen LogP contribution in [0, 0.1) is 0 Å². The van der Waals surface area contributed by atoms with Crippen LogP contribution in [-0.2, 0) is 29.4 Å². The van der Waals surface area contributed by atoms with Gasteiger partial charge in [0.25, 0.3) is 0 Å². The maximum absolute atomic E-state index is 13.3. The van der Waals surface area contributed by atoms with E-state index in [4.69, 9.17) is 0 Å². The number of alkyl halides is 6. The Balaban J connectivity index is 0.000000973. The Labute approximate surface area is 265 Å². The van der Waals surface area contributed by atoms with Gasteiger partial charge in [0.1, 0.15) is 0 Å². The van der Waals surface area contributed by atoms with Crippen molar-refractivity contribution in [2.24, 2.45) is 0 Å². The molecule has 0 saturated carbocycles. The van der Waals surface area contributed by atoms with Crippen LogP contribution in [0.3, 0.4) is 0 Å². The van der Waals surface area contributed by atoms with E-state index in [1.807, 2.05) is 42.5 Å². The number of hydrogen-bond donors (Lipinski definition) is 0. The Kier molecular flexibility index (Phi) is 12.5. The van der Waals surface area contributed by atoms with E-state index in [0.29, 0.717) is 10.6 Å². The van der Waals surface area contributed by atoms with E-state index in [0.717, 1.165) is 35.1 Å². The minimum atomic E-state index is -4.47. The first-order chi connectivity index (χ1) is 19.3. The van der Waals surface area contributed by atoms with Gasteiger partial charge in [-0.15, -0.1) is 5.30 Å². The molecule has 0 saturated heterocycles. The molecular weight excluding hydrogens is 640 g/mol. The molecule has 0 spiro atoms. The van der Waals surface area contributed by atoms with Gasteiger partial charge in [0.15, 0.2) is 0 Å². The summed E-state index contributed by atoms with van der Waals surface area (Å²) >= 11 is 0. The van der Waals surface area contributed by atoms with Gasteiger partial charge in [-0.1, -0.05) is 88.6 Å². The quantitative estimate of drug-likeness (QED) is 0.0853. The normalized spacial score (nSPS) is 13.4. The van der Waals surface area contributed by atoms with Crippen molar-refractivity contribution in [3.63, 3.8) is 0 Å². The van der Waals surface area contributed by atoms with Gasteiger partial charge in [-0.2, -0.15) is 56.2 Å². The van der Waals surface area contributed by atoms with Crippen LogP contribution in [0.4, 0.5) is 26.3 Å². The van der Waals surface area contributed by atoms with Crippen molar-refractivity contribution in [1.82, 2.24) is 0 Å². The first-order valence-electron chi connectivity index (χ1n) is 13.7. The molecule has 4 aromatic carbocycles. The van der Waals surface area contributed by atoms with Crippen molar-refractivity contribution in [1.29, 1.82) is 0 Å². The van der Waals surface area contributed by atoms with Gasteiger partial charge in [-0.05, 0) is 50.8 Å². The third kappa shape index (κ3) is 9.79. The maximum atomic E-state index is 13.3. The maximum Gasteiger partial charge on any atom is 2.00 e. The molecule has 0 amide bonds. The van der Waals surface area contributed by atoms with Crippen molar-refractivity contribution in [2.45, 2.75) is 76.8 Å². The summed E-state index contributed by atoms with van der Waals surface area (Å²) in [6.07, 6.45) is -8.93. The largest absolute Gasteiger partial charge is 2.00 e. The van der Waals surface area contributed by atoms with E-state index in [1.165, 1.54) is 24.3 Å². The van der Waals surface area contributed by atoms with Crippen LogP contribution in [0.5, 0.6) is 0 Å². The fourth-order valence-corrected chi connectivity index (χ4v) is 13.1. The minimum absolute atomic E-state index is 0. The summed E-state index contributed by atoms with van der Waals surface area (Å²) < 4.78 is 79.5. The van der Waals surface area contributed by atoms with Crippen LogP contribution < -0.4 is 15.9 Å². The SMILES string of the molecule is C[C@H](c1ccc[c-]1P(c1ccc(C(F)(F)F)cc1)c1ccc(C(F)(F)F)cc1)P(C(C)(C)C)C(C)(C)C.[Fe+2].c1cc[cH-]c1. The van der Waals surface area contributed by atoms with Gasteiger partial charge in [0.2, 0.25) is 0 Å². The summed E-state index contributed by atoms with van der Waals surface area (Å²) in [5.74, 6) is 0. The second kappa shape index (κ2) is 14.5. The zero-order valence-corrected chi connectivity index (χ0v) is 28.2. The Bertz CT molecular complexity index is 1280. The summed E-state index contributed by atoms with van der Waals surface area (Å²) in [7, 11) is -1.94. The molecule has 43 heavy (non-hydrogen) atoms. The molecule has 234 valence electrons. The second-order valence-corrected chi connectivity index (χ2v) is 18.5. The number of halogens is 6. The van der Waals surface area contributed by atoms with Crippen LogP contribution in [0.25, 0.3) is 0 Å². The zero-order valence-electron chi connectivity index (χ0n) is 25.3. The fraction of sp³-hybridized carbons (Fsp3) is 0.353. The summed E-state index contributed by atoms with van der Waals surface area (Å²) in [4.78, 5) is 0. The van der Waals surface area contributed by atoms with Crippen molar-refractivity contribution in [3.8, 4) is 0 Å². The van der Waals surface area contributed by atoms with E-state index < -0.39 is 39.3 Å². The third-order valence-corrected chi connectivity index (χ3v) is 13.3. The smallest absolute Gasteiger partial charge is 0.214 e. The second-order valence-electron chi connectivity index (χ2n) is 12.1. The zero-order chi connectivity index (χ0) is 31.5. The molecule has 9 heteroatoms. The standard InChI is InChI=1S/C29H33F6P2.C5H5.Fe/c1-19(37(26(2,3)4)27(5,6)7)24-9-8-10-25(24)36(22-15-11-20(12-16-22)28(30,31)32)23-17-13-21(14-18-23)29(33,34)35;1-2-4-5-3-1;/h8-19H,1-7H3;1-5H;/q2*-1;+2/t19-;;/m1../s1. The Morgan fingerprint density at radius 1 is 0.628 bits per heavy atom. The summed E-state index contributed by atoms with van der Waals surface area (Å²) in [5.41, 5.74) is -0.215. The Hall–Kier alpha value is -1.90. The van der Waals surface area contributed by atoms with Crippen LogP contribution in [0.2, 0.25) is 0 Å². The predicted octanol–water partition coefficient (Wildman–Crippen LogP) is 10.7. The topological polar surface area (TPSA) is 0 Å². The average Bonchev–Trinajstić information content (AvgIpc) is 3.58. The number of benzene rings is 2. The van der Waals surface area contributed by atoms with Crippen molar-refractivity contribution < 1.29 is 43.4 Å².